The van der Waals surface area contributed by atoms with Crippen molar-refractivity contribution >= 4 is 32.9 Å². The molecule has 0 saturated heterocycles. The Labute approximate surface area is 118 Å². The smallest absolute Gasteiger partial charge is 0.205 e. The molecule has 0 radical (unpaired) electrons. The molecule has 1 aromatic heterocycles. The Morgan fingerprint density at radius 1 is 1.16 bits per heavy atom. The van der Waals surface area contributed by atoms with Crippen LogP contribution in [-0.4, -0.2) is 9.55 Å². The highest BCUT2D eigenvalue weighted by atomic mass is 79.9. The molecule has 5 heteroatoms. The van der Waals surface area contributed by atoms with Crippen molar-refractivity contribution in [1.29, 1.82) is 5.26 Å². The van der Waals surface area contributed by atoms with Gasteiger partial charge in [-0.2, -0.15) is 5.26 Å². The van der Waals surface area contributed by atoms with E-state index >= 15 is 0 Å². The summed E-state index contributed by atoms with van der Waals surface area (Å²) in [7, 11) is 0. The van der Waals surface area contributed by atoms with E-state index in [-0.39, 0.29) is 0 Å². The number of fused-ring (bicyclic) bond motifs is 1. The summed E-state index contributed by atoms with van der Waals surface area (Å²) in [6.07, 6.45) is 0. The molecule has 2 N–H and O–H groups in total. The van der Waals surface area contributed by atoms with Crippen molar-refractivity contribution in [2.24, 2.45) is 0 Å². The minimum Gasteiger partial charge on any atom is -0.369 e. The Morgan fingerprint density at radius 3 is 2.58 bits per heavy atom. The van der Waals surface area contributed by atoms with Crippen LogP contribution in [0.5, 0.6) is 0 Å². The number of nitriles is 1. The number of nitrogen functional groups attached to an aromatic ring is 1. The first kappa shape index (κ1) is 11.8. The van der Waals surface area contributed by atoms with E-state index in [9.17, 15) is 0 Å². The average Bonchev–Trinajstić information content (AvgIpc) is 2.75. The first-order chi connectivity index (χ1) is 9.19. The molecule has 0 bridgehead atoms. The lowest BCUT2D eigenvalue weighted by Gasteiger charge is -2.06. The number of nitrogens with two attached hydrogens (primary N) is 1. The van der Waals surface area contributed by atoms with Crippen molar-refractivity contribution < 1.29 is 0 Å². The zero-order chi connectivity index (χ0) is 13.4. The Bertz CT molecular complexity index is 797. The van der Waals surface area contributed by atoms with E-state index in [0.29, 0.717) is 11.5 Å². The van der Waals surface area contributed by atoms with Crippen LogP contribution in [0, 0.1) is 11.3 Å². The van der Waals surface area contributed by atoms with Crippen LogP contribution in [0.3, 0.4) is 0 Å². The molecule has 0 unspecified atom stereocenters. The summed E-state index contributed by atoms with van der Waals surface area (Å²) in [6.45, 7) is 0. The molecular formula is C14H9BrN4. The number of nitrogens with zero attached hydrogens (tertiary/aromatic N) is 3. The summed E-state index contributed by atoms with van der Waals surface area (Å²) in [6, 6.07) is 15.2. The van der Waals surface area contributed by atoms with Gasteiger partial charge in [0.25, 0.3) is 0 Å². The van der Waals surface area contributed by atoms with Crippen LogP contribution in [0.4, 0.5) is 5.95 Å². The van der Waals surface area contributed by atoms with Crippen LogP contribution in [0.2, 0.25) is 0 Å². The SMILES string of the molecule is N#Cc1ccc2nc(N)n(-c3ccc(Br)cc3)c2c1. The summed E-state index contributed by atoms with van der Waals surface area (Å²) in [5.41, 5.74) is 9.09. The van der Waals surface area contributed by atoms with E-state index in [1.54, 1.807) is 18.2 Å². The molecule has 0 atom stereocenters. The van der Waals surface area contributed by atoms with Gasteiger partial charge < -0.3 is 5.73 Å². The largest absolute Gasteiger partial charge is 0.369 e. The number of hydrogen-bond donors (Lipinski definition) is 1. The third-order valence-electron chi connectivity index (χ3n) is 2.89. The van der Waals surface area contributed by atoms with Gasteiger partial charge in [0.05, 0.1) is 22.7 Å². The molecule has 0 amide bonds. The Morgan fingerprint density at radius 2 is 1.89 bits per heavy atom. The lowest BCUT2D eigenvalue weighted by atomic mass is 10.2. The molecule has 2 aromatic carbocycles. The first-order valence-electron chi connectivity index (χ1n) is 5.63. The second-order valence-corrected chi connectivity index (χ2v) is 5.01. The molecule has 4 nitrogen and oxygen atoms in total. The molecular weight excluding hydrogens is 304 g/mol. The second kappa shape index (κ2) is 4.41. The van der Waals surface area contributed by atoms with Crippen molar-refractivity contribution in [3.63, 3.8) is 0 Å². The number of rotatable bonds is 1. The van der Waals surface area contributed by atoms with Crippen LogP contribution < -0.4 is 5.73 Å². The van der Waals surface area contributed by atoms with Crippen molar-refractivity contribution in [3.8, 4) is 11.8 Å². The molecule has 0 spiro atoms. The average molecular weight is 313 g/mol. The summed E-state index contributed by atoms with van der Waals surface area (Å²) >= 11 is 3.40. The Balaban J connectivity index is 2.30. The van der Waals surface area contributed by atoms with E-state index in [4.69, 9.17) is 11.0 Å². The van der Waals surface area contributed by atoms with Crippen LogP contribution >= 0.6 is 15.9 Å². The third-order valence-corrected chi connectivity index (χ3v) is 3.42. The number of hydrogen-bond acceptors (Lipinski definition) is 3. The first-order valence-corrected chi connectivity index (χ1v) is 6.42. The zero-order valence-corrected chi connectivity index (χ0v) is 11.4. The molecule has 0 fully saturated rings. The molecule has 1 heterocycles. The topological polar surface area (TPSA) is 67.6 Å². The molecule has 3 aromatic rings. The molecule has 92 valence electrons. The Kier molecular flexibility index (Phi) is 2.73. The van der Waals surface area contributed by atoms with E-state index in [2.05, 4.69) is 27.0 Å². The van der Waals surface area contributed by atoms with Gasteiger partial charge in [-0.15, -0.1) is 0 Å². The highest BCUT2D eigenvalue weighted by Crippen LogP contribution is 2.24. The van der Waals surface area contributed by atoms with Crippen LogP contribution in [0.25, 0.3) is 16.7 Å². The molecule has 0 saturated carbocycles. The second-order valence-electron chi connectivity index (χ2n) is 4.10. The normalized spacial score (nSPS) is 10.5. The minimum absolute atomic E-state index is 0.410. The fourth-order valence-electron chi connectivity index (χ4n) is 2.02. The van der Waals surface area contributed by atoms with Gasteiger partial charge in [-0.05, 0) is 42.5 Å². The Hall–Kier alpha value is -2.32. The van der Waals surface area contributed by atoms with E-state index in [1.165, 1.54) is 0 Å². The van der Waals surface area contributed by atoms with Gasteiger partial charge in [0.15, 0.2) is 0 Å². The fourth-order valence-corrected chi connectivity index (χ4v) is 2.29. The third kappa shape index (κ3) is 1.96. The van der Waals surface area contributed by atoms with E-state index < -0.39 is 0 Å². The quantitative estimate of drug-likeness (QED) is 0.750. The van der Waals surface area contributed by atoms with Crippen molar-refractivity contribution in [1.82, 2.24) is 9.55 Å². The van der Waals surface area contributed by atoms with Crippen molar-refractivity contribution in [2.75, 3.05) is 5.73 Å². The molecule has 3 rings (SSSR count). The van der Waals surface area contributed by atoms with Crippen LogP contribution in [0.15, 0.2) is 46.9 Å². The molecule has 19 heavy (non-hydrogen) atoms. The summed E-state index contributed by atoms with van der Waals surface area (Å²) in [5, 5.41) is 8.98. The summed E-state index contributed by atoms with van der Waals surface area (Å²) in [4.78, 5) is 4.31. The number of anilines is 1. The maximum absolute atomic E-state index is 8.98. The highest BCUT2D eigenvalue weighted by Gasteiger charge is 2.10. The van der Waals surface area contributed by atoms with Gasteiger partial charge in [-0.1, -0.05) is 15.9 Å². The lowest BCUT2D eigenvalue weighted by Crippen LogP contribution is -2.00. The van der Waals surface area contributed by atoms with E-state index in [1.807, 2.05) is 28.8 Å². The van der Waals surface area contributed by atoms with Crippen molar-refractivity contribution in [3.05, 3.63) is 52.5 Å². The van der Waals surface area contributed by atoms with Gasteiger partial charge in [0, 0.05) is 10.2 Å². The fraction of sp³-hybridized carbons (Fsp3) is 0. The number of halogens is 1. The molecule has 0 aliphatic heterocycles. The van der Waals surface area contributed by atoms with Gasteiger partial charge in [0.2, 0.25) is 5.95 Å². The standard InChI is InChI=1S/C14H9BrN4/c15-10-2-4-11(5-3-10)19-13-7-9(8-16)1-6-12(13)18-14(19)17/h1-7H,(H2,17,18). The maximum Gasteiger partial charge on any atom is 0.205 e. The molecule has 0 aliphatic carbocycles. The summed E-state index contributed by atoms with van der Waals surface area (Å²) in [5.74, 6) is 0.410. The van der Waals surface area contributed by atoms with Gasteiger partial charge in [0.1, 0.15) is 0 Å². The van der Waals surface area contributed by atoms with Crippen LogP contribution in [-0.2, 0) is 0 Å². The maximum atomic E-state index is 8.98. The zero-order valence-electron chi connectivity index (χ0n) is 9.84. The number of aromatic nitrogens is 2. The highest BCUT2D eigenvalue weighted by molar-refractivity contribution is 9.10. The van der Waals surface area contributed by atoms with Gasteiger partial charge in [-0.3, -0.25) is 4.57 Å². The number of imidazole rings is 1. The van der Waals surface area contributed by atoms with Gasteiger partial charge in [-0.25, -0.2) is 4.98 Å². The monoisotopic (exact) mass is 312 g/mol. The van der Waals surface area contributed by atoms with E-state index in [0.717, 1.165) is 21.2 Å². The summed E-state index contributed by atoms with van der Waals surface area (Å²) < 4.78 is 2.83. The predicted octanol–water partition coefficient (Wildman–Crippen LogP) is 3.24. The molecule has 0 aliphatic rings. The minimum atomic E-state index is 0.410. The van der Waals surface area contributed by atoms with Crippen molar-refractivity contribution in [2.45, 2.75) is 0 Å². The van der Waals surface area contributed by atoms with Gasteiger partial charge >= 0.3 is 0 Å². The lowest BCUT2D eigenvalue weighted by molar-refractivity contribution is 1.11. The van der Waals surface area contributed by atoms with Crippen LogP contribution in [0.1, 0.15) is 5.56 Å². The number of benzene rings is 2. The predicted molar refractivity (Wildman–Crippen MR) is 77.9 cm³/mol.